The highest BCUT2D eigenvalue weighted by Crippen LogP contribution is 2.50. The maximum atomic E-state index is 13.8. The Morgan fingerprint density at radius 2 is 1.58 bits per heavy atom. The summed E-state index contributed by atoms with van der Waals surface area (Å²) in [5.74, 6) is -3.48. The van der Waals surface area contributed by atoms with E-state index in [1.165, 1.54) is 4.90 Å². The Kier molecular flexibility index (Phi) is 5.62. The molecule has 2 heterocycles. The van der Waals surface area contributed by atoms with Crippen molar-refractivity contribution in [2.24, 2.45) is 11.8 Å². The van der Waals surface area contributed by atoms with Gasteiger partial charge in [-0.25, -0.2) is 4.79 Å². The van der Waals surface area contributed by atoms with Crippen LogP contribution in [0.15, 0.2) is 66.7 Å². The lowest BCUT2D eigenvalue weighted by atomic mass is 9.76. The van der Waals surface area contributed by atoms with E-state index >= 15 is 0 Å². The zero-order chi connectivity index (χ0) is 23.0. The predicted octanol–water partition coefficient (Wildman–Crippen LogP) is 3.59. The van der Waals surface area contributed by atoms with E-state index in [1.807, 2.05) is 48.6 Å². The number of imide groups is 1. The van der Waals surface area contributed by atoms with Gasteiger partial charge in [-0.3, -0.25) is 19.8 Å². The number of hydrogen-bond donors (Lipinski definition) is 2. The molecule has 2 saturated heterocycles. The Balaban J connectivity index is 1.60. The number of amides is 2. The number of carbonyl (C=O) groups excluding carboxylic acids is 2. The van der Waals surface area contributed by atoms with Crippen LogP contribution in [0.1, 0.15) is 43.2 Å². The van der Waals surface area contributed by atoms with E-state index < -0.39 is 29.4 Å². The van der Waals surface area contributed by atoms with Gasteiger partial charge < -0.3 is 5.11 Å². The van der Waals surface area contributed by atoms with Crippen LogP contribution in [-0.2, 0) is 19.9 Å². The first-order valence-corrected chi connectivity index (χ1v) is 11.7. The molecule has 2 amide bonds. The van der Waals surface area contributed by atoms with Crippen LogP contribution in [0.4, 0.5) is 0 Å². The van der Waals surface area contributed by atoms with Crippen LogP contribution < -0.4 is 5.32 Å². The maximum absolute atomic E-state index is 13.8. The molecule has 5 rings (SSSR count). The van der Waals surface area contributed by atoms with Gasteiger partial charge in [0, 0.05) is 12.1 Å². The lowest BCUT2D eigenvalue weighted by Gasteiger charge is -2.34. The average molecular weight is 445 g/mol. The minimum atomic E-state index is -1.66. The molecule has 4 atom stereocenters. The van der Waals surface area contributed by atoms with Gasteiger partial charge in [0.25, 0.3) is 0 Å². The van der Waals surface area contributed by atoms with Gasteiger partial charge in [-0.2, -0.15) is 0 Å². The molecule has 2 aromatic rings. The van der Waals surface area contributed by atoms with Gasteiger partial charge in [0.05, 0.1) is 11.8 Å². The van der Waals surface area contributed by atoms with Crippen molar-refractivity contribution in [1.29, 1.82) is 0 Å². The fourth-order valence-corrected chi connectivity index (χ4v) is 5.90. The summed E-state index contributed by atoms with van der Waals surface area (Å²) in [6, 6.07) is 17.7. The summed E-state index contributed by atoms with van der Waals surface area (Å²) in [5, 5.41) is 13.7. The van der Waals surface area contributed by atoms with Gasteiger partial charge in [-0.1, -0.05) is 92.1 Å². The number of rotatable bonds is 5. The fourth-order valence-electron chi connectivity index (χ4n) is 5.90. The van der Waals surface area contributed by atoms with Gasteiger partial charge in [0.1, 0.15) is 0 Å². The van der Waals surface area contributed by atoms with E-state index in [0.717, 1.165) is 37.7 Å². The molecule has 2 aromatic carbocycles. The van der Waals surface area contributed by atoms with Gasteiger partial charge >= 0.3 is 5.97 Å². The van der Waals surface area contributed by atoms with Crippen LogP contribution in [0.25, 0.3) is 6.08 Å². The Labute approximate surface area is 193 Å². The van der Waals surface area contributed by atoms with Crippen molar-refractivity contribution in [2.75, 3.05) is 0 Å². The largest absolute Gasteiger partial charge is 0.480 e. The van der Waals surface area contributed by atoms with Crippen LogP contribution in [0.5, 0.6) is 0 Å². The first-order chi connectivity index (χ1) is 16.0. The lowest BCUT2D eigenvalue weighted by Crippen LogP contribution is -2.55. The Morgan fingerprint density at radius 1 is 0.939 bits per heavy atom. The van der Waals surface area contributed by atoms with Gasteiger partial charge in [0.2, 0.25) is 11.8 Å². The van der Waals surface area contributed by atoms with Crippen LogP contribution >= 0.6 is 0 Å². The normalized spacial score (nSPS) is 30.2. The molecule has 6 nitrogen and oxygen atoms in total. The number of carboxylic acid groups (broad SMARTS) is 1. The number of benzene rings is 2. The second-order valence-electron chi connectivity index (χ2n) is 9.26. The Morgan fingerprint density at radius 3 is 2.21 bits per heavy atom. The first-order valence-electron chi connectivity index (χ1n) is 11.7. The molecule has 0 aromatic heterocycles. The van der Waals surface area contributed by atoms with Crippen molar-refractivity contribution in [3.8, 4) is 0 Å². The summed E-state index contributed by atoms with van der Waals surface area (Å²) in [6.45, 7) is 0. The quantitative estimate of drug-likeness (QED) is 0.689. The maximum Gasteiger partial charge on any atom is 0.329 e. The molecule has 0 spiro atoms. The summed E-state index contributed by atoms with van der Waals surface area (Å²) < 4.78 is 0. The number of likely N-dealkylation sites (tertiary alicyclic amines) is 1. The summed E-state index contributed by atoms with van der Waals surface area (Å²) >= 11 is 0. The van der Waals surface area contributed by atoms with Gasteiger partial charge in [-0.05, 0) is 24.0 Å². The zero-order valence-electron chi connectivity index (χ0n) is 18.4. The van der Waals surface area contributed by atoms with E-state index in [2.05, 4.69) is 5.32 Å². The summed E-state index contributed by atoms with van der Waals surface area (Å²) in [6.07, 6.45) is 8.38. The van der Waals surface area contributed by atoms with Crippen LogP contribution in [0.2, 0.25) is 0 Å². The number of hydrogen-bond acceptors (Lipinski definition) is 4. The number of nitrogens with one attached hydrogen (secondary N) is 1. The molecule has 33 heavy (non-hydrogen) atoms. The number of aliphatic carboxylic acids is 1. The van der Waals surface area contributed by atoms with E-state index in [-0.39, 0.29) is 17.9 Å². The van der Waals surface area contributed by atoms with Gasteiger partial charge in [0.15, 0.2) is 5.54 Å². The highest BCUT2D eigenvalue weighted by atomic mass is 16.4. The topological polar surface area (TPSA) is 86.7 Å². The van der Waals surface area contributed by atoms with E-state index in [9.17, 15) is 19.5 Å². The molecule has 1 aliphatic carbocycles. The molecule has 2 N–H and O–H groups in total. The fraction of sp³-hybridized carbons (Fsp3) is 0.370. The van der Waals surface area contributed by atoms with E-state index in [0.29, 0.717) is 5.56 Å². The van der Waals surface area contributed by atoms with Crippen molar-refractivity contribution in [3.05, 3.63) is 77.9 Å². The third-order valence-electron chi connectivity index (χ3n) is 7.43. The number of fused-ring (bicyclic) bond motifs is 1. The molecule has 0 radical (unpaired) electrons. The molecule has 2 aliphatic heterocycles. The predicted molar refractivity (Wildman–Crippen MR) is 124 cm³/mol. The van der Waals surface area contributed by atoms with Crippen molar-refractivity contribution >= 4 is 23.9 Å². The van der Waals surface area contributed by atoms with Crippen LogP contribution in [0, 0.1) is 11.8 Å². The van der Waals surface area contributed by atoms with Crippen molar-refractivity contribution in [2.45, 2.75) is 49.7 Å². The number of carboxylic acids is 1. The van der Waals surface area contributed by atoms with E-state index in [4.69, 9.17) is 0 Å². The average Bonchev–Trinajstić information content (AvgIpc) is 3.33. The molecule has 6 heteroatoms. The highest BCUT2D eigenvalue weighted by molar-refractivity contribution is 6.10. The highest BCUT2D eigenvalue weighted by Gasteiger charge is 2.69. The minimum Gasteiger partial charge on any atom is -0.480 e. The smallest absolute Gasteiger partial charge is 0.329 e. The molecule has 1 saturated carbocycles. The van der Waals surface area contributed by atoms with Crippen molar-refractivity contribution in [1.82, 2.24) is 10.2 Å². The Bertz CT molecular complexity index is 1080. The Hall–Kier alpha value is -3.25. The number of nitrogens with zero attached hydrogens (tertiary/aromatic N) is 1. The van der Waals surface area contributed by atoms with Crippen LogP contribution in [0.3, 0.4) is 0 Å². The molecule has 4 unspecified atom stereocenters. The monoisotopic (exact) mass is 444 g/mol. The molecular weight excluding hydrogens is 416 g/mol. The second-order valence-corrected chi connectivity index (χ2v) is 9.26. The van der Waals surface area contributed by atoms with Crippen LogP contribution in [-0.4, -0.2) is 39.9 Å². The standard InChI is InChI=1S/C27H28N2O4/c30-24-22-21(17-16-18-10-4-1-5-11-18)28-27(26(32)33,19-12-6-2-7-13-19)23(22)25(31)29(24)20-14-8-3-9-15-20/h1-2,4-7,10-13,16-17,20-23,28H,3,8-9,14-15H2,(H,32,33)/b17-16+. The minimum absolute atomic E-state index is 0.134. The lowest BCUT2D eigenvalue weighted by molar-refractivity contribution is -0.153. The van der Waals surface area contributed by atoms with Gasteiger partial charge in [-0.15, -0.1) is 0 Å². The molecule has 170 valence electrons. The molecule has 0 bridgehead atoms. The zero-order valence-corrected chi connectivity index (χ0v) is 18.4. The van der Waals surface area contributed by atoms with Crippen molar-refractivity contribution in [3.63, 3.8) is 0 Å². The summed E-state index contributed by atoms with van der Waals surface area (Å²) in [4.78, 5) is 41.8. The van der Waals surface area contributed by atoms with Crippen molar-refractivity contribution < 1.29 is 19.5 Å². The molecule has 3 fully saturated rings. The van der Waals surface area contributed by atoms with E-state index in [1.54, 1.807) is 24.3 Å². The molecular formula is C27H28N2O4. The molecule has 3 aliphatic rings. The summed E-state index contributed by atoms with van der Waals surface area (Å²) in [7, 11) is 0. The third kappa shape index (κ3) is 3.49. The summed E-state index contributed by atoms with van der Waals surface area (Å²) in [5.41, 5.74) is -0.215. The third-order valence-corrected chi connectivity index (χ3v) is 7.43. The SMILES string of the molecule is O=C1C2C(/C=C/c3ccccc3)NC(C(=O)O)(c3ccccc3)C2C(=O)N1C1CCCCC1. The second kappa shape index (κ2) is 8.60. The number of carbonyl (C=O) groups is 3. The first kappa shape index (κ1) is 21.6.